The lowest BCUT2D eigenvalue weighted by Crippen LogP contribution is -2.40. The molecule has 1 aliphatic rings. The molecule has 1 aromatic rings. The van der Waals surface area contributed by atoms with E-state index in [0.717, 1.165) is 23.7 Å². The predicted octanol–water partition coefficient (Wildman–Crippen LogP) is 4.23. The van der Waals surface area contributed by atoms with Gasteiger partial charge in [0.2, 0.25) is 0 Å². The monoisotopic (exact) mass is 339 g/mol. The fourth-order valence-electron chi connectivity index (χ4n) is 3.23. The SMILES string of the molecule is CCC(c1ccc(Br)cc1)N(CC(=O)O)C1CCCC1. The summed E-state index contributed by atoms with van der Waals surface area (Å²) in [6.45, 7) is 2.27. The molecule has 1 atom stereocenters. The highest BCUT2D eigenvalue weighted by molar-refractivity contribution is 9.10. The molecule has 0 bridgehead atoms. The van der Waals surface area contributed by atoms with Crippen LogP contribution in [0.15, 0.2) is 28.7 Å². The van der Waals surface area contributed by atoms with E-state index in [1.165, 1.54) is 18.4 Å². The minimum atomic E-state index is -0.729. The maximum atomic E-state index is 11.2. The van der Waals surface area contributed by atoms with E-state index in [4.69, 9.17) is 0 Å². The zero-order valence-electron chi connectivity index (χ0n) is 11.9. The molecule has 1 fully saturated rings. The van der Waals surface area contributed by atoms with Gasteiger partial charge in [0.25, 0.3) is 0 Å². The highest BCUT2D eigenvalue weighted by Gasteiger charge is 2.30. The number of carboxylic acid groups (broad SMARTS) is 1. The van der Waals surface area contributed by atoms with Crippen LogP contribution in [0.25, 0.3) is 0 Å². The van der Waals surface area contributed by atoms with Gasteiger partial charge in [0.15, 0.2) is 0 Å². The zero-order valence-corrected chi connectivity index (χ0v) is 13.5. The summed E-state index contributed by atoms with van der Waals surface area (Å²) >= 11 is 3.45. The minimum absolute atomic E-state index is 0.138. The zero-order chi connectivity index (χ0) is 14.5. The van der Waals surface area contributed by atoms with E-state index in [-0.39, 0.29) is 12.6 Å². The molecule has 20 heavy (non-hydrogen) atoms. The van der Waals surface area contributed by atoms with Crippen molar-refractivity contribution >= 4 is 21.9 Å². The van der Waals surface area contributed by atoms with Crippen molar-refractivity contribution in [2.45, 2.75) is 51.1 Å². The Labute approximate surface area is 129 Å². The van der Waals surface area contributed by atoms with Crippen molar-refractivity contribution in [3.63, 3.8) is 0 Å². The second-order valence-electron chi connectivity index (χ2n) is 5.48. The maximum absolute atomic E-state index is 11.2. The van der Waals surface area contributed by atoms with Crippen LogP contribution >= 0.6 is 15.9 Å². The molecule has 0 amide bonds. The Balaban J connectivity index is 2.23. The molecule has 110 valence electrons. The van der Waals surface area contributed by atoms with Gasteiger partial charge in [-0.2, -0.15) is 0 Å². The van der Waals surface area contributed by atoms with Crippen molar-refractivity contribution < 1.29 is 9.90 Å². The van der Waals surface area contributed by atoms with Crippen molar-refractivity contribution in [2.24, 2.45) is 0 Å². The van der Waals surface area contributed by atoms with Gasteiger partial charge in [0.05, 0.1) is 6.54 Å². The summed E-state index contributed by atoms with van der Waals surface area (Å²) in [6, 6.07) is 8.88. The summed E-state index contributed by atoms with van der Waals surface area (Å²) in [7, 11) is 0. The number of carboxylic acids is 1. The first kappa shape index (κ1) is 15.5. The van der Waals surface area contributed by atoms with Crippen LogP contribution in [-0.4, -0.2) is 28.6 Å². The Morgan fingerprint density at radius 1 is 1.35 bits per heavy atom. The van der Waals surface area contributed by atoms with Gasteiger partial charge < -0.3 is 5.11 Å². The molecule has 1 N–H and O–H groups in total. The number of benzene rings is 1. The lowest BCUT2D eigenvalue weighted by Gasteiger charge is -2.35. The van der Waals surface area contributed by atoms with Gasteiger partial charge in [-0.15, -0.1) is 0 Å². The number of hydrogen-bond acceptors (Lipinski definition) is 2. The second-order valence-corrected chi connectivity index (χ2v) is 6.40. The second kappa shape index (κ2) is 7.23. The van der Waals surface area contributed by atoms with E-state index in [0.29, 0.717) is 6.04 Å². The van der Waals surface area contributed by atoms with E-state index in [1.807, 2.05) is 12.1 Å². The summed E-state index contributed by atoms with van der Waals surface area (Å²) in [6.07, 6.45) is 5.63. The van der Waals surface area contributed by atoms with Crippen LogP contribution in [0.1, 0.15) is 50.6 Å². The lowest BCUT2D eigenvalue weighted by molar-refractivity contribution is -0.139. The van der Waals surface area contributed by atoms with Crippen LogP contribution < -0.4 is 0 Å². The summed E-state index contributed by atoms with van der Waals surface area (Å²) < 4.78 is 1.06. The van der Waals surface area contributed by atoms with Crippen LogP contribution in [0.5, 0.6) is 0 Å². The molecular formula is C16H22BrNO2. The summed E-state index contributed by atoms with van der Waals surface area (Å²) in [5.41, 5.74) is 1.21. The summed E-state index contributed by atoms with van der Waals surface area (Å²) in [4.78, 5) is 13.4. The Morgan fingerprint density at radius 3 is 2.45 bits per heavy atom. The van der Waals surface area contributed by atoms with Crippen molar-refractivity contribution in [1.82, 2.24) is 4.90 Å². The van der Waals surface area contributed by atoms with Crippen molar-refractivity contribution in [2.75, 3.05) is 6.54 Å². The van der Waals surface area contributed by atoms with Gasteiger partial charge in [-0.3, -0.25) is 9.69 Å². The third kappa shape index (κ3) is 3.83. The van der Waals surface area contributed by atoms with Crippen LogP contribution in [0.3, 0.4) is 0 Å². The molecule has 0 aromatic heterocycles. The van der Waals surface area contributed by atoms with Crippen LogP contribution in [0.2, 0.25) is 0 Å². The molecule has 4 heteroatoms. The number of rotatable bonds is 6. The first-order valence-electron chi connectivity index (χ1n) is 7.34. The molecule has 0 radical (unpaired) electrons. The summed E-state index contributed by atoms with van der Waals surface area (Å²) in [5, 5.41) is 9.23. The number of hydrogen-bond donors (Lipinski definition) is 1. The molecule has 1 saturated carbocycles. The Bertz CT molecular complexity index is 440. The third-order valence-electron chi connectivity index (χ3n) is 4.15. The number of carbonyl (C=O) groups is 1. The number of aliphatic carboxylic acids is 1. The average Bonchev–Trinajstić information content (AvgIpc) is 2.94. The molecule has 1 aromatic carbocycles. The molecule has 1 aliphatic carbocycles. The van der Waals surface area contributed by atoms with Crippen LogP contribution in [0, 0.1) is 0 Å². The van der Waals surface area contributed by atoms with Gasteiger partial charge in [-0.05, 0) is 37.0 Å². The van der Waals surface area contributed by atoms with E-state index in [1.54, 1.807) is 0 Å². The Hall–Kier alpha value is -0.870. The maximum Gasteiger partial charge on any atom is 0.317 e. The van der Waals surface area contributed by atoms with Crippen molar-refractivity contribution in [3.8, 4) is 0 Å². The topological polar surface area (TPSA) is 40.5 Å². The predicted molar refractivity (Wildman–Crippen MR) is 83.8 cm³/mol. The van der Waals surface area contributed by atoms with E-state index in [2.05, 4.69) is 39.9 Å². The average molecular weight is 340 g/mol. The quantitative estimate of drug-likeness (QED) is 0.842. The molecule has 1 unspecified atom stereocenters. The number of nitrogens with zero attached hydrogens (tertiary/aromatic N) is 1. The van der Waals surface area contributed by atoms with E-state index >= 15 is 0 Å². The molecule has 3 nitrogen and oxygen atoms in total. The molecule has 0 heterocycles. The fraction of sp³-hybridized carbons (Fsp3) is 0.562. The standard InChI is InChI=1S/C16H22BrNO2/c1-2-15(12-7-9-13(17)10-8-12)18(11-16(19)20)14-5-3-4-6-14/h7-10,14-15H,2-6,11H2,1H3,(H,19,20). The van der Waals surface area contributed by atoms with Gasteiger partial charge in [-0.1, -0.05) is 47.8 Å². The summed E-state index contributed by atoms with van der Waals surface area (Å²) in [5.74, 6) is -0.729. The van der Waals surface area contributed by atoms with Gasteiger partial charge in [-0.25, -0.2) is 0 Å². The van der Waals surface area contributed by atoms with Gasteiger partial charge >= 0.3 is 5.97 Å². The Kier molecular flexibility index (Phi) is 5.61. The van der Waals surface area contributed by atoms with E-state index in [9.17, 15) is 9.90 Å². The van der Waals surface area contributed by atoms with Gasteiger partial charge in [0, 0.05) is 16.6 Å². The highest BCUT2D eigenvalue weighted by Crippen LogP contribution is 2.33. The largest absolute Gasteiger partial charge is 0.480 e. The minimum Gasteiger partial charge on any atom is -0.480 e. The fourth-order valence-corrected chi connectivity index (χ4v) is 3.50. The van der Waals surface area contributed by atoms with Crippen LogP contribution in [-0.2, 0) is 4.79 Å². The molecule has 0 aliphatic heterocycles. The highest BCUT2D eigenvalue weighted by atomic mass is 79.9. The first-order chi connectivity index (χ1) is 9.61. The molecule has 0 saturated heterocycles. The van der Waals surface area contributed by atoms with Gasteiger partial charge in [0.1, 0.15) is 0 Å². The first-order valence-corrected chi connectivity index (χ1v) is 8.14. The molecule has 2 rings (SSSR count). The lowest BCUT2D eigenvalue weighted by atomic mass is 10.00. The Morgan fingerprint density at radius 2 is 1.95 bits per heavy atom. The molecular weight excluding hydrogens is 318 g/mol. The molecule has 0 spiro atoms. The number of halogens is 1. The normalized spacial score (nSPS) is 17.6. The van der Waals surface area contributed by atoms with Crippen molar-refractivity contribution in [1.29, 1.82) is 0 Å². The smallest absolute Gasteiger partial charge is 0.317 e. The van der Waals surface area contributed by atoms with E-state index < -0.39 is 5.97 Å². The third-order valence-corrected chi connectivity index (χ3v) is 4.68. The van der Waals surface area contributed by atoms with Crippen molar-refractivity contribution in [3.05, 3.63) is 34.3 Å². The van der Waals surface area contributed by atoms with Crippen LogP contribution in [0.4, 0.5) is 0 Å².